The summed E-state index contributed by atoms with van der Waals surface area (Å²) in [6.45, 7) is 0.0452. The maximum Gasteiger partial charge on any atom is 0.0713 e. The van der Waals surface area contributed by atoms with Crippen molar-refractivity contribution >= 4 is 21.8 Å². The monoisotopic (exact) mass is 209 g/mol. The van der Waals surface area contributed by atoms with Crippen LogP contribution in [0.1, 0.15) is 5.56 Å². The van der Waals surface area contributed by atoms with Crippen LogP contribution in [0, 0.1) is 0 Å². The first-order valence-corrected chi connectivity index (χ1v) is 5.27. The summed E-state index contributed by atoms with van der Waals surface area (Å²) in [6.07, 6.45) is 0. The average Bonchev–Trinajstić information content (AvgIpc) is 2.36. The second kappa shape index (κ2) is 3.58. The van der Waals surface area contributed by atoms with Gasteiger partial charge in [0.05, 0.1) is 17.6 Å². The number of nitrogens with zero attached hydrogens (tertiary/aromatic N) is 1. The molecule has 16 heavy (non-hydrogen) atoms. The van der Waals surface area contributed by atoms with Gasteiger partial charge in [0.15, 0.2) is 0 Å². The molecule has 1 aromatic heterocycles. The van der Waals surface area contributed by atoms with Crippen LogP contribution in [0.2, 0.25) is 0 Å². The topological polar surface area (TPSA) is 33.1 Å². The van der Waals surface area contributed by atoms with Crippen LogP contribution in [0.5, 0.6) is 0 Å². The molecule has 0 radical (unpaired) electrons. The molecule has 0 aliphatic carbocycles. The molecule has 0 saturated heterocycles. The van der Waals surface area contributed by atoms with Crippen molar-refractivity contribution in [2.24, 2.45) is 0 Å². The molecule has 1 heterocycles. The van der Waals surface area contributed by atoms with E-state index in [1.54, 1.807) is 0 Å². The average molecular weight is 209 g/mol. The molecule has 2 aromatic carbocycles. The summed E-state index contributed by atoms with van der Waals surface area (Å²) >= 11 is 0. The van der Waals surface area contributed by atoms with Crippen LogP contribution in [0.3, 0.4) is 0 Å². The maximum absolute atomic E-state index is 9.51. The molecule has 3 rings (SSSR count). The van der Waals surface area contributed by atoms with E-state index in [9.17, 15) is 5.11 Å². The summed E-state index contributed by atoms with van der Waals surface area (Å²) in [6, 6.07) is 15.8. The second-order valence-corrected chi connectivity index (χ2v) is 3.78. The number of hydrogen-bond donors (Lipinski definition) is 1. The fourth-order valence-corrected chi connectivity index (χ4v) is 2.10. The zero-order valence-electron chi connectivity index (χ0n) is 8.72. The van der Waals surface area contributed by atoms with E-state index in [0.29, 0.717) is 0 Å². The summed E-state index contributed by atoms with van der Waals surface area (Å²) in [5.74, 6) is 0. The molecule has 2 nitrogen and oxygen atoms in total. The van der Waals surface area contributed by atoms with Crippen LogP contribution >= 0.6 is 0 Å². The fraction of sp³-hybridized carbons (Fsp3) is 0.0714. The summed E-state index contributed by atoms with van der Waals surface area (Å²) in [4.78, 5) is 4.58. The van der Waals surface area contributed by atoms with Crippen molar-refractivity contribution in [2.45, 2.75) is 6.61 Å². The lowest BCUT2D eigenvalue weighted by molar-refractivity contribution is 0.285. The van der Waals surface area contributed by atoms with Crippen LogP contribution in [0.4, 0.5) is 0 Å². The van der Waals surface area contributed by atoms with Crippen molar-refractivity contribution in [1.82, 2.24) is 4.98 Å². The minimum absolute atomic E-state index is 0.0452. The maximum atomic E-state index is 9.51. The van der Waals surface area contributed by atoms with E-state index in [-0.39, 0.29) is 6.61 Å². The van der Waals surface area contributed by atoms with E-state index in [1.807, 2.05) is 48.5 Å². The number of aliphatic hydroxyl groups excluding tert-OH is 1. The number of para-hydroxylation sites is 2. The van der Waals surface area contributed by atoms with Gasteiger partial charge in [-0.05, 0) is 17.7 Å². The van der Waals surface area contributed by atoms with E-state index < -0.39 is 0 Å². The Balaban J connectivity index is 2.56. The van der Waals surface area contributed by atoms with Gasteiger partial charge in [-0.2, -0.15) is 0 Å². The standard InChI is InChI=1S/C14H11NO/c16-9-12-10-5-1-3-7-13(10)15-14-8-4-2-6-11(12)14/h1-8,16H,9H2. The molecule has 1 N–H and O–H groups in total. The summed E-state index contributed by atoms with van der Waals surface area (Å²) in [7, 11) is 0. The SMILES string of the molecule is OCc1c2ccccc2nc2ccccc12. The molecule has 0 aliphatic heterocycles. The summed E-state index contributed by atoms with van der Waals surface area (Å²) in [5.41, 5.74) is 2.83. The van der Waals surface area contributed by atoms with Crippen LogP contribution < -0.4 is 0 Å². The highest BCUT2D eigenvalue weighted by Crippen LogP contribution is 2.25. The molecule has 78 valence electrons. The first-order valence-electron chi connectivity index (χ1n) is 5.27. The Morgan fingerprint density at radius 3 is 1.81 bits per heavy atom. The third-order valence-electron chi connectivity index (χ3n) is 2.86. The zero-order valence-corrected chi connectivity index (χ0v) is 8.72. The number of aromatic nitrogens is 1. The van der Waals surface area contributed by atoms with Crippen LogP contribution in [-0.2, 0) is 6.61 Å². The third-order valence-corrected chi connectivity index (χ3v) is 2.86. The van der Waals surface area contributed by atoms with Gasteiger partial charge in [-0.15, -0.1) is 0 Å². The molecular formula is C14H11NO. The van der Waals surface area contributed by atoms with E-state index in [2.05, 4.69) is 4.98 Å². The molecule has 0 unspecified atom stereocenters. The Morgan fingerprint density at radius 1 is 0.812 bits per heavy atom. The lowest BCUT2D eigenvalue weighted by Crippen LogP contribution is -1.91. The van der Waals surface area contributed by atoms with Crippen LogP contribution in [-0.4, -0.2) is 10.1 Å². The van der Waals surface area contributed by atoms with E-state index in [4.69, 9.17) is 0 Å². The molecule has 0 fully saturated rings. The van der Waals surface area contributed by atoms with Gasteiger partial charge in [-0.3, -0.25) is 0 Å². The van der Waals surface area contributed by atoms with Gasteiger partial charge >= 0.3 is 0 Å². The van der Waals surface area contributed by atoms with Gasteiger partial charge in [-0.25, -0.2) is 4.98 Å². The fourth-order valence-electron chi connectivity index (χ4n) is 2.10. The molecule has 3 aromatic rings. The summed E-state index contributed by atoms with van der Waals surface area (Å²) in [5, 5.41) is 11.6. The molecule has 0 amide bonds. The second-order valence-electron chi connectivity index (χ2n) is 3.78. The van der Waals surface area contributed by atoms with Gasteiger partial charge in [0.1, 0.15) is 0 Å². The molecule has 0 spiro atoms. The highest BCUT2D eigenvalue weighted by molar-refractivity contribution is 5.97. The molecule has 0 aliphatic rings. The van der Waals surface area contributed by atoms with Gasteiger partial charge in [0.25, 0.3) is 0 Å². The Kier molecular flexibility index (Phi) is 2.08. The summed E-state index contributed by atoms with van der Waals surface area (Å²) < 4.78 is 0. The third kappa shape index (κ3) is 1.27. The minimum Gasteiger partial charge on any atom is -0.392 e. The Bertz CT molecular complexity index is 607. The molecule has 0 bridgehead atoms. The smallest absolute Gasteiger partial charge is 0.0713 e. The van der Waals surface area contributed by atoms with Crippen molar-refractivity contribution in [3.8, 4) is 0 Å². The van der Waals surface area contributed by atoms with Crippen LogP contribution in [0.15, 0.2) is 48.5 Å². The predicted molar refractivity (Wildman–Crippen MR) is 65.2 cm³/mol. The first-order chi connectivity index (χ1) is 7.90. The molecule has 0 saturated carbocycles. The van der Waals surface area contributed by atoms with E-state index in [1.165, 1.54) is 0 Å². The first kappa shape index (κ1) is 9.31. The number of hydrogen-bond acceptors (Lipinski definition) is 2. The number of rotatable bonds is 1. The normalized spacial score (nSPS) is 11.1. The highest BCUT2D eigenvalue weighted by Gasteiger charge is 2.06. The lowest BCUT2D eigenvalue weighted by atomic mass is 10.0. The van der Waals surface area contributed by atoms with Gasteiger partial charge in [0, 0.05) is 10.8 Å². The largest absolute Gasteiger partial charge is 0.392 e. The Morgan fingerprint density at radius 2 is 1.31 bits per heavy atom. The Hall–Kier alpha value is -1.93. The highest BCUT2D eigenvalue weighted by atomic mass is 16.3. The van der Waals surface area contributed by atoms with Gasteiger partial charge in [0.2, 0.25) is 0 Å². The van der Waals surface area contributed by atoms with Crippen molar-refractivity contribution < 1.29 is 5.11 Å². The van der Waals surface area contributed by atoms with Crippen molar-refractivity contribution in [3.63, 3.8) is 0 Å². The van der Waals surface area contributed by atoms with Gasteiger partial charge in [-0.1, -0.05) is 36.4 Å². The molecular weight excluding hydrogens is 198 g/mol. The number of pyridine rings is 1. The van der Waals surface area contributed by atoms with Crippen molar-refractivity contribution in [2.75, 3.05) is 0 Å². The van der Waals surface area contributed by atoms with Gasteiger partial charge < -0.3 is 5.11 Å². The molecule has 2 heteroatoms. The molecule has 0 atom stereocenters. The minimum atomic E-state index is 0.0452. The number of benzene rings is 2. The lowest BCUT2D eigenvalue weighted by Gasteiger charge is -2.07. The van der Waals surface area contributed by atoms with Crippen molar-refractivity contribution in [3.05, 3.63) is 54.1 Å². The van der Waals surface area contributed by atoms with E-state index in [0.717, 1.165) is 27.4 Å². The van der Waals surface area contributed by atoms with E-state index >= 15 is 0 Å². The Labute approximate surface area is 93.2 Å². The zero-order chi connectivity index (χ0) is 11.0. The van der Waals surface area contributed by atoms with Crippen LogP contribution in [0.25, 0.3) is 21.8 Å². The number of fused-ring (bicyclic) bond motifs is 2. The quantitative estimate of drug-likeness (QED) is 0.625. The predicted octanol–water partition coefficient (Wildman–Crippen LogP) is 2.88. The number of aliphatic hydroxyl groups is 1. The van der Waals surface area contributed by atoms with Crippen molar-refractivity contribution in [1.29, 1.82) is 0 Å².